The van der Waals surface area contributed by atoms with Crippen molar-refractivity contribution in [3.63, 3.8) is 0 Å². The van der Waals surface area contributed by atoms with Crippen molar-refractivity contribution < 1.29 is 17.9 Å². The van der Waals surface area contributed by atoms with Crippen LogP contribution in [0.2, 0.25) is 0 Å². The number of nitriles is 2. The zero-order chi connectivity index (χ0) is 27.0. The van der Waals surface area contributed by atoms with E-state index in [1.807, 2.05) is 11.6 Å². The molecule has 0 spiro atoms. The fraction of sp³-hybridized carbons (Fsp3) is 0.360. The lowest BCUT2D eigenvalue weighted by Crippen LogP contribution is -2.31. The highest BCUT2D eigenvalue weighted by Crippen LogP contribution is 2.34. The van der Waals surface area contributed by atoms with Gasteiger partial charge >= 0.3 is 6.18 Å². The number of piperidine rings is 1. The van der Waals surface area contributed by atoms with Crippen molar-refractivity contribution >= 4 is 5.65 Å². The van der Waals surface area contributed by atoms with Gasteiger partial charge < -0.3 is 9.64 Å². The molecule has 0 bridgehead atoms. The highest BCUT2D eigenvalue weighted by molar-refractivity contribution is 5.68. The largest absolute Gasteiger partial charge is 0.471 e. The SMILES string of the molecule is Cc1c(-c2cc(O[C@H](C)c3cncc(C(F)(F)F)c3)n3c(C#N)cnc3c2)nnn1C1CCN(C#N)CC1. The Hall–Kier alpha value is -4.65. The van der Waals surface area contributed by atoms with Crippen LogP contribution < -0.4 is 4.74 Å². The molecule has 0 N–H and O–H groups in total. The molecule has 194 valence electrons. The standard InChI is InChI=1S/C25H22F3N9O/c1-15-24(33-34-37(15)20-3-5-35(14-30)6-4-20)17-8-22-32-13-21(10-29)36(22)23(9-17)38-16(2)18-7-19(12-31-11-18)25(26,27)28/h7-9,11-13,16,20H,3-6H2,1-2H3/t16-/m1/s1. The minimum absolute atomic E-state index is 0.102. The Morgan fingerprint density at radius 3 is 2.55 bits per heavy atom. The summed E-state index contributed by atoms with van der Waals surface area (Å²) >= 11 is 0. The zero-order valence-corrected chi connectivity index (χ0v) is 20.5. The first-order chi connectivity index (χ1) is 18.2. The molecule has 0 saturated carbocycles. The number of hydrogen-bond donors (Lipinski definition) is 0. The van der Waals surface area contributed by atoms with Crippen molar-refractivity contribution in [1.29, 1.82) is 10.5 Å². The molecule has 13 heteroatoms. The highest BCUT2D eigenvalue weighted by atomic mass is 19.4. The molecular formula is C25H22F3N9O. The van der Waals surface area contributed by atoms with Crippen molar-refractivity contribution in [3.05, 3.63) is 59.3 Å². The van der Waals surface area contributed by atoms with E-state index in [-0.39, 0.29) is 23.2 Å². The van der Waals surface area contributed by atoms with Gasteiger partial charge in [0.25, 0.3) is 0 Å². The third-order valence-electron chi connectivity index (χ3n) is 6.69. The number of halogens is 3. The average Bonchev–Trinajstić information content (AvgIpc) is 3.51. The summed E-state index contributed by atoms with van der Waals surface area (Å²) in [5.74, 6) is 0.216. The van der Waals surface area contributed by atoms with E-state index in [1.165, 1.54) is 16.8 Å². The van der Waals surface area contributed by atoms with Gasteiger partial charge in [-0.3, -0.25) is 9.38 Å². The van der Waals surface area contributed by atoms with E-state index in [1.54, 1.807) is 24.0 Å². The van der Waals surface area contributed by atoms with Crippen LogP contribution in [-0.2, 0) is 6.18 Å². The van der Waals surface area contributed by atoms with Crippen LogP contribution in [0.3, 0.4) is 0 Å². The van der Waals surface area contributed by atoms with Crippen LogP contribution >= 0.6 is 0 Å². The van der Waals surface area contributed by atoms with E-state index >= 15 is 0 Å². The number of rotatable bonds is 5. The van der Waals surface area contributed by atoms with Gasteiger partial charge in [0.05, 0.1) is 23.5 Å². The average molecular weight is 522 g/mol. The van der Waals surface area contributed by atoms with Crippen LogP contribution in [0.5, 0.6) is 5.88 Å². The summed E-state index contributed by atoms with van der Waals surface area (Å²) in [6.45, 7) is 4.80. The minimum atomic E-state index is -4.54. The van der Waals surface area contributed by atoms with Crippen LogP contribution in [0.4, 0.5) is 13.2 Å². The molecular weight excluding hydrogens is 499 g/mol. The molecule has 1 atom stereocenters. The van der Waals surface area contributed by atoms with Gasteiger partial charge in [0.2, 0.25) is 5.88 Å². The van der Waals surface area contributed by atoms with E-state index < -0.39 is 17.8 Å². The molecule has 10 nitrogen and oxygen atoms in total. The number of ether oxygens (including phenoxy) is 1. The topological polar surface area (TPSA) is 121 Å². The molecule has 5 heterocycles. The summed E-state index contributed by atoms with van der Waals surface area (Å²) < 4.78 is 49.1. The molecule has 0 aliphatic carbocycles. The van der Waals surface area contributed by atoms with E-state index in [9.17, 15) is 18.4 Å². The molecule has 1 saturated heterocycles. The minimum Gasteiger partial charge on any atom is -0.471 e. The number of hydrogen-bond acceptors (Lipinski definition) is 8. The Labute approximate surface area is 215 Å². The van der Waals surface area contributed by atoms with Gasteiger partial charge in [0.1, 0.15) is 29.2 Å². The number of pyridine rings is 2. The highest BCUT2D eigenvalue weighted by Gasteiger charge is 2.32. The molecule has 0 amide bonds. The second-order valence-corrected chi connectivity index (χ2v) is 9.08. The van der Waals surface area contributed by atoms with Crippen molar-refractivity contribution in [2.24, 2.45) is 0 Å². The van der Waals surface area contributed by atoms with Crippen LogP contribution in [0, 0.1) is 29.7 Å². The fourth-order valence-electron chi connectivity index (χ4n) is 4.63. The third kappa shape index (κ3) is 4.59. The molecule has 38 heavy (non-hydrogen) atoms. The lowest BCUT2D eigenvalue weighted by Gasteiger charge is -2.28. The monoisotopic (exact) mass is 521 g/mol. The van der Waals surface area contributed by atoms with Gasteiger partial charge in [-0.1, -0.05) is 5.21 Å². The lowest BCUT2D eigenvalue weighted by atomic mass is 10.0. The quantitative estimate of drug-likeness (QED) is 0.353. The first-order valence-electron chi connectivity index (χ1n) is 11.9. The number of fused-ring (bicyclic) bond motifs is 1. The number of nitrogens with zero attached hydrogens (tertiary/aromatic N) is 9. The van der Waals surface area contributed by atoms with Gasteiger partial charge in [-0.25, -0.2) is 9.67 Å². The maximum Gasteiger partial charge on any atom is 0.417 e. The molecule has 5 rings (SSSR count). The molecule has 1 aliphatic heterocycles. The smallest absolute Gasteiger partial charge is 0.417 e. The third-order valence-corrected chi connectivity index (χ3v) is 6.69. The Kier molecular flexibility index (Phi) is 6.36. The molecule has 0 aromatic carbocycles. The number of imidazole rings is 1. The van der Waals surface area contributed by atoms with Crippen LogP contribution in [0.25, 0.3) is 16.9 Å². The zero-order valence-electron chi connectivity index (χ0n) is 20.5. The first kappa shape index (κ1) is 25.0. The van der Waals surface area contributed by atoms with Gasteiger partial charge in [0.15, 0.2) is 6.19 Å². The summed E-state index contributed by atoms with van der Waals surface area (Å²) in [5.41, 5.74) is 2.02. The number of likely N-dealkylation sites (tertiary alicyclic amines) is 1. The van der Waals surface area contributed by atoms with E-state index in [2.05, 4.69) is 32.5 Å². The van der Waals surface area contributed by atoms with E-state index in [4.69, 9.17) is 10.00 Å². The number of aromatic nitrogens is 6. The summed E-state index contributed by atoms with van der Waals surface area (Å²) in [6, 6.07) is 6.58. The Morgan fingerprint density at radius 2 is 1.87 bits per heavy atom. The van der Waals surface area contributed by atoms with Crippen LogP contribution in [-0.4, -0.2) is 47.4 Å². The molecule has 1 fully saturated rings. The molecule has 0 unspecified atom stereocenters. The van der Waals surface area contributed by atoms with Crippen molar-refractivity contribution in [3.8, 4) is 29.4 Å². The first-order valence-corrected chi connectivity index (χ1v) is 11.9. The van der Waals surface area contributed by atoms with Gasteiger partial charge in [-0.2, -0.15) is 23.7 Å². The molecule has 1 aliphatic rings. The van der Waals surface area contributed by atoms with E-state index in [0.717, 1.165) is 30.8 Å². The van der Waals surface area contributed by atoms with Crippen LogP contribution in [0.15, 0.2) is 36.8 Å². The predicted molar refractivity (Wildman–Crippen MR) is 127 cm³/mol. The predicted octanol–water partition coefficient (Wildman–Crippen LogP) is 4.44. The van der Waals surface area contributed by atoms with Crippen LogP contribution in [0.1, 0.15) is 54.4 Å². The normalized spacial score (nSPS) is 15.3. The van der Waals surface area contributed by atoms with Gasteiger partial charge in [0, 0.05) is 42.7 Å². The summed E-state index contributed by atoms with van der Waals surface area (Å²) in [5, 5.41) is 27.5. The summed E-state index contributed by atoms with van der Waals surface area (Å²) in [4.78, 5) is 9.75. The lowest BCUT2D eigenvalue weighted by molar-refractivity contribution is -0.137. The maximum absolute atomic E-state index is 13.2. The van der Waals surface area contributed by atoms with Gasteiger partial charge in [-0.05, 0) is 38.8 Å². The molecule has 0 radical (unpaired) electrons. The van der Waals surface area contributed by atoms with Crippen molar-refractivity contribution in [2.45, 2.75) is 45.0 Å². The van der Waals surface area contributed by atoms with Gasteiger partial charge in [-0.15, -0.1) is 5.10 Å². The maximum atomic E-state index is 13.2. The number of alkyl halides is 3. The fourth-order valence-corrected chi connectivity index (χ4v) is 4.63. The van der Waals surface area contributed by atoms with E-state index in [0.29, 0.717) is 30.0 Å². The molecule has 4 aromatic heterocycles. The summed E-state index contributed by atoms with van der Waals surface area (Å²) in [6.07, 6.45) is 1.81. The van der Waals surface area contributed by atoms with Crippen molar-refractivity contribution in [1.82, 2.24) is 34.3 Å². The Bertz CT molecular complexity index is 1570. The second kappa shape index (κ2) is 9.67. The summed E-state index contributed by atoms with van der Waals surface area (Å²) in [7, 11) is 0. The van der Waals surface area contributed by atoms with Crippen molar-refractivity contribution in [2.75, 3.05) is 13.1 Å². The second-order valence-electron chi connectivity index (χ2n) is 9.08. The Morgan fingerprint density at radius 1 is 1.11 bits per heavy atom. The Balaban J connectivity index is 1.51. The molecule has 4 aromatic rings.